The van der Waals surface area contributed by atoms with Crippen molar-refractivity contribution in [2.24, 2.45) is 0 Å². The quantitative estimate of drug-likeness (QED) is 0.160. The van der Waals surface area contributed by atoms with Gasteiger partial charge in [-0.2, -0.15) is 10.5 Å². The van der Waals surface area contributed by atoms with Crippen molar-refractivity contribution in [1.82, 2.24) is 4.90 Å². The van der Waals surface area contributed by atoms with Crippen LogP contribution in [0.1, 0.15) is 24.2 Å². The Labute approximate surface area is 238 Å². The van der Waals surface area contributed by atoms with Gasteiger partial charge in [0.05, 0.1) is 13.1 Å². The maximum atomic E-state index is 12.8. The van der Waals surface area contributed by atoms with E-state index in [1.807, 2.05) is 11.9 Å². The second-order valence-corrected chi connectivity index (χ2v) is 9.80. The standard InChI is InChI=1S/C25H23Cl2N9O4/c1-32(10-2-8-30-24-22(14-28)33(37)20-12-16(26)4-6-18(20)35(24)39)11-3-9-31-25-23(15-29)34(38)21-13-17(27)5-7-19(21)36(25)40/h4-7,12-13,30-31H,2-3,8-11H2,1H3. The molecule has 2 N–H and O–H groups in total. The van der Waals surface area contributed by atoms with Crippen molar-refractivity contribution < 1.29 is 18.9 Å². The van der Waals surface area contributed by atoms with Gasteiger partial charge in [-0.1, -0.05) is 23.2 Å². The zero-order valence-electron chi connectivity index (χ0n) is 21.2. The van der Waals surface area contributed by atoms with Crippen LogP contribution in [0.4, 0.5) is 11.6 Å². The third-order valence-electron chi connectivity index (χ3n) is 6.24. The molecule has 206 valence electrons. The Hall–Kier alpha value is -4.56. The van der Waals surface area contributed by atoms with Gasteiger partial charge < -0.3 is 25.7 Å². The van der Waals surface area contributed by atoms with E-state index in [1.54, 1.807) is 12.1 Å². The maximum Gasteiger partial charge on any atom is 0.385 e. The number of anilines is 2. The summed E-state index contributed by atoms with van der Waals surface area (Å²) < 4.78 is 1.80. The summed E-state index contributed by atoms with van der Waals surface area (Å²) in [5.41, 5.74) is -0.536. The molecule has 0 aliphatic carbocycles. The van der Waals surface area contributed by atoms with Crippen LogP contribution >= 0.6 is 23.2 Å². The minimum absolute atomic E-state index is 0.000453. The van der Waals surface area contributed by atoms with E-state index in [1.165, 1.54) is 36.4 Å². The minimum Gasteiger partial charge on any atom is -0.710 e. The third kappa shape index (κ3) is 5.58. The molecular weight excluding hydrogens is 561 g/mol. The largest absolute Gasteiger partial charge is 0.710 e. The van der Waals surface area contributed by atoms with Crippen molar-refractivity contribution in [3.8, 4) is 12.1 Å². The number of halogens is 2. The van der Waals surface area contributed by atoms with E-state index >= 15 is 0 Å². The molecular formula is C25H23Cl2N9O4. The predicted molar refractivity (Wildman–Crippen MR) is 147 cm³/mol. The fourth-order valence-electron chi connectivity index (χ4n) is 4.26. The van der Waals surface area contributed by atoms with E-state index in [0.29, 0.717) is 57.9 Å². The van der Waals surface area contributed by atoms with Crippen LogP contribution in [-0.4, -0.2) is 38.1 Å². The highest BCUT2D eigenvalue weighted by Crippen LogP contribution is 2.18. The predicted octanol–water partition coefficient (Wildman–Crippen LogP) is 1.81. The van der Waals surface area contributed by atoms with E-state index in [0.717, 1.165) is 0 Å². The lowest BCUT2D eigenvalue weighted by Gasteiger charge is -2.17. The van der Waals surface area contributed by atoms with Crippen molar-refractivity contribution in [3.05, 3.63) is 78.7 Å². The Balaban J connectivity index is 1.31. The van der Waals surface area contributed by atoms with Crippen LogP contribution < -0.4 is 29.6 Å². The highest BCUT2D eigenvalue weighted by molar-refractivity contribution is 6.31. The maximum absolute atomic E-state index is 12.8. The Morgan fingerprint density at radius 3 is 1.48 bits per heavy atom. The summed E-state index contributed by atoms with van der Waals surface area (Å²) >= 11 is 11.8. The van der Waals surface area contributed by atoms with E-state index in [4.69, 9.17) is 23.2 Å². The second-order valence-electron chi connectivity index (χ2n) is 8.93. The zero-order chi connectivity index (χ0) is 29.0. The first-order valence-electron chi connectivity index (χ1n) is 12.1. The first kappa shape index (κ1) is 28.4. The van der Waals surface area contributed by atoms with Crippen molar-refractivity contribution in [2.75, 3.05) is 43.9 Å². The van der Waals surface area contributed by atoms with E-state index in [9.17, 15) is 31.4 Å². The molecule has 0 bridgehead atoms. The number of nitrogens with one attached hydrogen (secondary N) is 2. The number of nitriles is 2. The molecule has 13 nitrogen and oxygen atoms in total. The fraction of sp³-hybridized carbons (Fsp3) is 0.280. The van der Waals surface area contributed by atoms with Crippen LogP contribution in [0.5, 0.6) is 0 Å². The topological polar surface area (TPSA) is 183 Å². The number of benzene rings is 2. The molecule has 0 aliphatic rings. The van der Waals surface area contributed by atoms with Crippen LogP contribution in [0, 0.1) is 43.5 Å². The lowest BCUT2D eigenvalue weighted by atomic mass is 10.2. The average molecular weight is 584 g/mol. The molecule has 4 rings (SSSR count). The first-order valence-corrected chi connectivity index (χ1v) is 12.9. The van der Waals surface area contributed by atoms with Crippen molar-refractivity contribution in [1.29, 1.82) is 10.5 Å². The summed E-state index contributed by atoms with van der Waals surface area (Å²) in [5, 5.41) is 76.0. The molecule has 0 radical (unpaired) electrons. The van der Waals surface area contributed by atoms with Crippen LogP contribution in [0.15, 0.2) is 36.4 Å². The molecule has 0 atom stereocenters. The molecule has 4 aromatic rings. The molecule has 0 unspecified atom stereocenters. The first-order chi connectivity index (χ1) is 19.2. The van der Waals surface area contributed by atoms with Gasteiger partial charge in [0.25, 0.3) is 11.0 Å². The van der Waals surface area contributed by atoms with Gasteiger partial charge in [-0.25, -0.2) is 9.46 Å². The van der Waals surface area contributed by atoms with E-state index in [2.05, 4.69) is 10.6 Å². The molecule has 2 aromatic heterocycles. The summed E-state index contributed by atoms with van der Waals surface area (Å²) in [4.78, 5) is 2.02. The van der Waals surface area contributed by atoms with Gasteiger partial charge in [0.2, 0.25) is 11.0 Å². The number of rotatable bonds is 10. The molecule has 0 saturated carbocycles. The van der Waals surface area contributed by atoms with Crippen LogP contribution in [0.3, 0.4) is 0 Å². The van der Waals surface area contributed by atoms with Gasteiger partial charge in [-0.05, 0) is 44.2 Å². The number of hydrogen-bond donors (Lipinski definition) is 2. The van der Waals surface area contributed by atoms with Gasteiger partial charge in [-0.3, -0.25) is 10.6 Å². The van der Waals surface area contributed by atoms with Crippen molar-refractivity contribution >= 4 is 56.9 Å². The number of aromatic nitrogens is 4. The molecule has 0 amide bonds. The third-order valence-corrected chi connectivity index (χ3v) is 6.71. The molecule has 0 saturated heterocycles. The Morgan fingerprint density at radius 1 is 0.700 bits per heavy atom. The van der Waals surface area contributed by atoms with Gasteiger partial charge >= 0.3 is 23.0 Å². The molecule has 2 aromatic carbocycles. The summed E-state index contributed by atoms with van der Waals surface area (Å²) in [6.45, 7) is 1.89. The van der Waals surface area contributed by atoms with Crippen molar-refractivity contribution in [3.63, 3.8) is 0 Å². The van der Waals surface area contributed by atoms with Crippen LogP contribution in [0.25, 0.3) is 22.1 Å². The summed E-state index contributed by atoms with van der Waals surface area (Å²) in [5.74, 6) is -0.265. The summed E-state index contributed by atoms with van der Waals surface area (Å²) in [6.07, 6.45) is 1.18. The summed E-state index contributed by atoms with van der Waals surface area (Å²) in [7, 11) is 1.89. The van der Waals surface area contributed by atoms with Gasteiger partial charge in [-0.15, -0.1) is 9.46 Å². The molecule has 15 heteroatoms. The van der Waals surface area contributed by atoms with Gasteiger partial charge in [0, 0.05) is 35.3 Å². The average Bonchev–Trinajstić information content (AvgIpc) is 2.94. The molecule has 0 spiro atoms. The number of hydrogen-bond acceptors (Lipinski definition) is 9. The Morgan fingerprint density at radius 2 is 1.10 bits per heavy atom. The van der Waals surface area contributed by atoms with Gasteiger partial charge in [0.15, 0.2) is 12.1 Å². The monoisotopic (exact) mass is 583 g/mol. The fourth-order valence-corrected chi connectivity index (χ4v) is 4.59. The highest BCUT2D eigenvalue weighted by Gasteiger charge is 2.28. The lowest BCUT2D eigenvalue weighted by Crippen LogP contribution is -2.44. The van der Waals surface area contributed by atoms with Crippen LogP contribution in [0.2, 0.25) is 10.0 Å². The molecule has 0 fully saturated rings. The molecule has 40 heavy (non-hydrogen) atoms. The van der Waals surface area contributed by atoms with Gasteiger partial charge in [0.1, 0.15) is 0 Å². The molecule has 2 heterocycles. The number of nitrogens with zero attached hydrogens (tertiary/aromatic N) is 7. The highest BCUT2D eigenvalue weighted by atomic mass is 35.5. The lowest BCUT2D eigenvalue weighted by molar-refractivity contribution is -0.620. The second kappa shape index (κ2) is 12.1. The van der Waals surface area contributed by atoms with Crippen LogP contribution in [-0.2, 0) is 0 Å². The zero-order valence-corrected chi connectivity index (χ0v) is 22.7. The minimum atomic E-state index is -0.354. The SMILES string of the molecule is CN(CCCNc1c(C#N)[n+]([O-])c2cc(Cl)ccc2[n+]1[O-])CCCNc1c(C#N)[n+]([O-])c2cc(Cl)ccc2[n+]1[O-]. The smallest absolute Gasteiger partial charge is 0.385 e. The Bertz CT molecular complexity index is 1570. The molecule has 0 aliphatic heterocycles. The number of fused-ring (bicyclic) bond motifs is 2. The Kier molecular flexibility index (Phi) is 8.60. The van der Waals surface area contributed by atoms with E-state index in [-0.39, 0.29) is 55.1 Å². The summed E-state index contributed by atoms with van der Waals surface area (Å²) in [6, 6.07) is 12.0. The van der Waals surface area contributed by atoms with Crippen molar-refractivity contribution in [2.45, 2.75) is 12.8 Å². The normalized spacial score (nSPS) is 11.1. The van der Waals surface area contributed by atoms with E-state index < -0.39 is 0 Å².